The van der Waals surface area contributed by atoms with Gasteiger partial charge in [0.05, 0.1) is 11.2 Å². The van der Waals surface area contributed by atoms with Gasteiger partial charge in [-0.1, -0.05) is 0 Å². The molecule has 1 amide bonds. The van der Waals surface area contributed by atoms with Gasteiger partial charge < -0.3 is 20.1 Å². The van der Waals surface area contributed by atoms with Gasteiger partial charge in [-0.15, -0.1) is 0 Å². The van der Waals surface area contributed by atoms with Crippen LogP contribution in [0.1, 0.15) is 57.4 Å². The lowest BCUT2D eigenvalue weighted by Gasteiger charge is -2.29. The molecule has 2 aliphatic carbocycles. The van der Waals surface area contributed by atoms with Crippen molar-refractivity contribution in [1.82, 2.24) is 29.4 Å². The third-order valence-electron chi connectivity index (χ3n) is 8.72. The molecule has 0 radical (unpaired) electrons. The zero-order valence-electron chi connectivity index (χ0n) is 20.8. The number of hydrogen-bond acceptors (Lipinski definition) is 6. The number of rotatable bonds is 7. The number of fused-ring (bicyclic) bond motifs is 1. The minimum absolute atomic E-state index is 0.0464. The van der Waals surface area contributed by atoms with E-state index in [-0.39, 0.29) is 23.3 Å². The second kappa shape index (κ2) is 8.11. The van der Waals surface area contributed by atoms with Gasteiger partial charge in [-0.2, -0.15) is 10.2 Å². The van der Waals surface area contributed by atoms with Crippen LogP contribution in [0.2, 0.25) is 0 Å². The van der Waals surface area contributed by atoms with Crippen molar-refractivity contribution in [3.63, 3.8) is 0 Å². The standard InChI is InChI=1S/C26H34N8O2/c1-31-20(33-11-2-4-17(33)13-32-10-3-5-21(32)35)12-19(30-31)18-14-34(24(15-6-7-15)16-8-9-16)26(36)22-23(18)28-29-25(22)27/h12,14-17,24H,2-11,13H2,1H3,(H3,27,28,29)/t17-/m1/s1. The van der Waals surface area contributed by atoms with Crippen molar-refractivity contribution in [3.05, 3.63) is 22.6 Å². The highest BCUT2D eigenvalue weighted by Crippen LogP contribution is 2.52. The summed E-state index contributed by atoms with van der Waals surface area (Å²) in [6.07, 6.45) is 10.5. The molecule has 1 atom stereocenters. The monoisotopic (exact) mass is 490 g/mol. The predicted octanol–water partition coefficient (Wildman–Crippen LogP) is 2.66. The van der Waals surface area contributed by atoms with E-state index in [0.29, 0.717) is 35.2 Å². The molecule has 0 unspecified atom stereocenters. The van der Waals surface area contributed by atoms with E-state index in [1.807, 2.05) is 27.4 Å². The first-order chi connectivity index (χ1) is 17.5. The molecule has 2 aliphatic heterocycles. The Balaban J connectivity index is 1.28. The van der Waals surface area contributed by atoms with Crippen molar-refractivity contribution in [2.75, 3.05) is 30.3 Å². The molecule has 3 aromatic heterocycles. The number of amides is 1. The third-order valence-corrected chi connectivity index (χ3v) is 8.72. The van der Waals surface area contributed by atoms with E-state index in [2.05, 4.69) is 21.2 Å². The maximum Gasteiger partial charge on any atom is 0.264 e. The van der Waals surface area contributed by atoms with Gasteiger partial charge >= 0.3 is 0 Å². The Kier molecular flexibility index (Phi) is 4.94. The van der Waals surface area contributed by atoms with Crippen molar-refractivity contribution < 1.29 is 4.79 Å². The number of aryl methyl sites for hydroxylation is 1. The SMILES string of the molecule is Cn1nc(-c2cn(C(C3CC3)C3CC3)c(=O)c3c(N)n[nH]c23)cc1N1CCC[C@@H]1CN1CCCC1=O. The van der Waals surface area contributed by atoms with Crippen molar-refractivity contribution in [1.29, 1.82) is 0 Å². The van der Waals surface area contributed by atoms with Crippen LogP contribution in [0.4, 0.5) is 11.6 Å². The largest absolute Gasteiger partial charge is 0.382 e. The summed E-state index contributed by atoms with van der Waals surface area (Å²) in [6.45, 7) is 2.59. The van der Waals surface area contributed by atoms with Crippen LogP contribution in [0.25, 0.3) is 22.2 Å². The van der Waals surface area contributed by atoms with Gasteiger partial charge in [-0.05, 0) is 56.8 Å². The molecule has 3 aromatic rings. The molecule has 36 heavy (non-hydrogen) atoms. The fourth-order valence-corrected chi connectivity index (χ4v) is 6.63. The molecule has 10 heteroatoms. The van der Waals surface area contributed by atoms with Gasteiger partial charge in [0.1, 0.15) is 11.2 Å². The number of nitrogens with one attached hydrogen (secondary N) is 1. The van der Waals surface area contributed by atoms with Crippen LogP contribution in [0.5, 0.6) is 0 Å². The number of nitrogens with two attached hydrogens (primary N) is 1. The molecule has 10 nitrogen and oxygen atoms in total. The van der Waals surface area contributed by atoms with Crippen LogP contribution in [-0.4, -0.2) is 61.0 Å². The summed E-state index contributed by atoms with van der Waals surface area (Å²) in [5.41, 5.74) is 8.48. The first kappa shape index (κ1) is 21.9. The molecule has 0 bridgehead atoms. The van der Waals surface area contributed by atoms with Crippen molar-refractivity contribution in [3.8, 4) is 11.3 Å². The zero-order valence-corrected chi connectivity index (χ0v) is 20.8. The summed E-state index contributed by atoms with van der Waals surface area (Å²) in [7, 11) is 1.97. The van der Waals surface area contributed by atoms with Crippen LogP contribution >= 0.6 is 0 Å². The van der Waals surface area contributed by atoms with Crippen LogP contribution in [0.15, 0.2) is 17.1 Å². The normalized spacial score (nSPS) is 22.6. The number of nitrogen functional groups attached to an aromatic ring is 1. The Labute approximate surface area is 209 Å². The van der Waals surface area contributed by atoms with E-state index in [1.165, 1.54) is 25.7 Å². The molecule has 4 fully saturated rings. The van der Waals surface area contributed by atoms with E-state index in [9.17, 15) is 9.59 Å². The smallest absolute Gasteiger partial charge is 0.264 e. The van der Waals surface area contributed by atoms with Crippen LogP contribution < -0.4 is 16.2 Å². The third kappa shape index (κ3) is 3.52. The molecule has 190 valence electrons. The van der Waals surface area contributed by atoms with E-state index >= 15 is 0 Å². The molecule has 0 aromatic carbocycles. The number of hydrogen-bond donors (Lipinski definition) is 2. The topological polar surface area (TPSA) is 118 Å². The van der Waals surface area contributed by atoms with Gasteiger partial charge in [-0.25, -0.2) is 0 Å². The number of nitrogens with zero attached hydrogens (tertiary/aromatic N) is 6. The summed E-state index contributed by atoms with van der Waals surface area (Å²) in [5, 5.41) is 12.6. The second-order valence-electron chi connectivity index (χ2n) is 11.2. The molecule has 2 saturated carbocycles. The minimum Gasteiger partial charge on any atom is -0.382 e. The summed E-state index contributed by atoms with van der Waals surface area (Å²) >= 11 is 0. The highest BCUT2D eigenvalue weighted by atomic mass is 16.2. The molecule has 3 N–H and O–H groups in total. The predicted molar refractivity (Wildman–Crippen MR) is 138 cm³/mol. The fraction of sp³-hybridized carbons (Fsp3) is 0.615. The minimum atomic E-state index is -0.0464. The van der Waals surface area contributed by atoms with E-state index in [0.717, 1.165) is 56.0 Å². The first-order valence-electron chi connectivity index (χ1n) is 13.5. The number of carbonyl (C=O) groups excluding carboxylic acids is 1. The van der Waals surface area contributed by atoms with Crippen molar-refractivity contribution in [2.45, 2.75) is 63.5 Å². The molecule has 4 aliphatic rings. The van der Waals surface area contributed by atoms with Crippen molar-refractivity contribution in [2.24, 2.45) is 18.9 Å². The Morgan fingerprint density at radius 1 is 1.11 bits per heavy atom. The number of carbonyl (C=O) groups is 1. The molecule has 0 spiro atoms. The molecule has 7 rings (SSSR count). The summed E-state index contributed by atoms with van der Waals surface area (Å²) in [6, 6.07) is 2.65. The quantitative estimate of drug-likeness (QED) is 0.526. The van der Waals surface area contributed by atoms with Gasteiger partial charge in [0.25, 0.3) is 5.56 Å². The zero-order chi connectivity index (χ0) is 24.6. The van der Waals surface area contributed by atoms with Crippen LogP contribution in [0.3, 0.4) is 0 Å². The Morgan fingerprint density at radius 3 is 2.58 bits per heavy atom. The van der Waals surface area contributed by atoms with E-state index in [4.69, 9.17) is 10.8 Å². The van der Waals surface area contributed by atoms with Gasteiger partial charge in [0.2, 0.25) is 5.91 Å². The maximum atomic E-state index is 13.6. The number of pyridine rings is 1. The highest BCUT2D eigenvalue weighted by Gasteiger charge is 2.43. The van der Waals surface area contributed by atoms with Crippen molar-refractivity contribution >= 4 is 28.4 Å². The lowest BCUT2D eigenvalue weighted by molar-refractivity contribution is -0.127. The Hall–Kier alpha value is -3.30. The Morgan fingerprint density at radius 2 is 1.89 bits per heavy atom. The molecule has 2 saturated heterocycles. The first-order valence-corrected chi connectivity index (χ1v) is 13.5. The molecular formula is C26H34N8O2. The maximum absolute atomic E-state index is 13.6. The van der Waals surface area contributed by atoms with E-state index < -0.39 is 0 Å². The van der Waals surface area contributed by atoms with Gasteiger partial charge in [0, 0.05) is 63.0 Å². The lowest BCUT2D eigenvalue weighted by atomic mass is 10.0. The summed E-state index contributed by atoms with van der Waals surface area (Å²) in [5.74, 6) is 2.72. The van der Waals surface area contributed by atoms with Gasteiger partial charge in [-0.3, -0.25) is 19.4 Å². The number of aromatic nitrogens is 5. The number of aromatic amines is 1. The average molecular weight is 491 g/mol. The summed E-state index contributed by atoms with van der Waals surface area (Å²) < 4.78 is 3.88. The average Bonchev–Trinajstić information content (AvgIpc) is 3.71. The van der Waals surface area contributed by atoms with E-state index in [1.54, 1.807) is 0 Å². The van der Waals surface area contributed by atoms with Crippen LogP contribution in [0, 0.1) is 11.8 Å². The van der Waals surface area contributed by atoms with Crippen LogP contribution in [-0.2, 0) is 11.8 Å². The number of H-pyrrole nitrogens is 1. The summed E-state index contributed by atoms with van der Waals surface area (Å²) in [4.78, 5) is 30.2. The number of likely N-dealkylation sites (tertiary alicyclic amines) is 1. The molecule has 5 heterocycles. The van der Waals surface area contributed by atoms with Gasteiger partial charge in [0.15, 0.2) is 5.82 Å². The molecular weight excluding hydrogens is 456 g/mol. The fourth-order valence-electron chi connectivity index (χ4n) is 6.63. The highest BCUT2D eigenvalue weighted by molar-refractivity contribution is 5.97. The number of anilines is 2. The lowest BCUT2D eigenvalue weighted by Crippen LogP contribution is -2.41. The Bertz CT molecular complexity index is 1380. The second-order valence-corrected chi connectivity index (χ2v) is 11.2.